The van der Waals surface area contributed by atoms with Crippen LogP contribution in [0.25, 0.3) is 0 Å². The Morgan fingerprint density at radius 1 is 1.64 bits per heavy atom. The van der Waals surface area contributed by atoms with Crippen LogP contribution >= 0.6 is 11.8 Å². The molecule has 0 heterocycles. The Balaban J connectivity index is 3.82. The number of nitrogens with two attached hydrogens (primary N) is 2. The highest BCUT2D eigenvalue weighted by Gasteiger charge is 2.37. The molecule has 0 aliphatic carbocycles. The maximum absolute atomic E-state index is 12.8. The highest BCUT2D eigenvalue weighted by molar-refractivity contribution is 7.99. The minimum absolute atomic E-state index is 0.164. The lowest BCUT2D eigenvalue weighted by Crippen LogP contribution is -2.45. The van der Waals surface area contributed by atoms with Gasteiger partial charge in [-0.2, -0.15) is 20.5 Å². The molecule has 4 nitrogen and oxygen atoms in total. The number of carbonyl (C=O) groups is 1. The molecular formula is C7H15F2N3OS. The van der Waals surface area contributed by atoms with E-state index in [1.54, 1.807) is 0 Å². The number of nitrogens with one attached hydrogen (secondary N) is 1. The predicted octanol–water partition coefficient (Wildman–Crippen LogP) is -0.0604. The van der Waals surface area contributed by atoms with Crippen molar-refractivity contribution >= 4 is 17.7 Å². The first-order valence-corrected chi connectivity index (χ1v) is 5.26. The van der Waals surface area contributed by atoms with Gasteiger partial charge in [-0.3, -0.25) is 10.2 Å². The third-order valence-electron chi connectivity index (χ3n) is 1.55. The van der Waals surface area contributed by atoms with Crippen molar-refractivity contribution in [1.29, 1.82) is 0 Å². The van der Waals surface area contributed by atoms with Crippen LogP contribution in [0.1, 0.15) is 6.92 Å². The van der Waals surface area contributed by atoms with E-state index in [2.05, 4.69) is 5.84 Å². The van der Waals surface area contributed by atoms with Crippen molar-refractivity contribution in [2.75, 3.05) is 18.1 Å². The highest BCUT2D eigenvalue weighted by atomic mass is 32.2. The number of hydrogen-bond acceptors (Lipinski definition) is 4. The van der Waals surface area contributed by atoms with E-state index >= 15 is 0 Å². The Morgan fingerprint density at radius 3 is 2.64 bits per heavy atom. The van der Waals surface area contributed by atoms with Gasteiger partial charge in [-0.25, -0.2) is 5.84 Å². The monoisotopic (exact) mass is 227 g/mol. The summed E-state index contributed by atoms with van der Waals surface area (Å²) >= 11 is 0.990. The molecule has 0 rings (SSSR count). The fourth-order valence-corrected chi connectivity index (χ4v) is 1.67. The first-order valence-electron chi connectivity index (χ1n) is 4.10. The van der Waals surface area contributed by atoms with Crippen LogP contribution in [-0.4, -0.2) is 29.9 Å². The largest absolute Gasteiger partial charge is 0.334 e. The van der Waals surface area contributed by atoms with Crippen LogP contribution < -0.4 is 17.0 Å². The van der Waals surface area contributed by atoms with Crippen molar-refractivity contribution in [3.8, 4) is 0 Å². The summed E-state index contributed by atoms with van der Waals surface area (Å²) in [7, 11) is 0. The first-order chi connectivity index (χ1) is 6.44. The smallest absolute Gasteiger partial charge is 0.330 e. The maximum Gasteiger partial charge on any atom is 0.334 e. The normalized spacial score (nSPS) is 13.8. The highest BCUT2D eigenvalue weighted by Crippen LogP contribution is 2.21. The third-order valence-corrected chi connectivity index (χ3v) is 2.92. The zero-order chi connectivity index (χ0) is 11.2. The van der Waals surface area contributed by atoms with Gasteiger partial charge in [0.15, 0.2) is 0 Å². The van der Waals surface area contributed by atoms with E-state index in [1.165, 1.54) is 5.43 Å². The Bertz CT molecular complexity index is 192. The van der Waals surface area contributed by atoms with Crippen LogP contribution in [0.15, 0.2) is 0 Å². The van der Waals surface area contributed by atoms with Crippen LogP contribution in [0.5, 0.6) is 0 Å². The number of amides is 1. The fraction of sp³-hybridized carbons (Fsp3) is 0.857. The molecule has 5 N–H and O–H groups in total. The van der Waals surface area contributed by atoms with Gasteiger partial charge in [0.25, 0.3) is 0 Å². The van der Waals surface area contributed by atoms with Gasteiger partial charge in [0.2, 0.25) is 0 Å². The lowest BCUT2D eigenvalue weighted by molar-refractivity contribution is -0.142. The maximum atomic E-state index is 12.8. The Kier molecular flexibility index (Phi) is 5.98. The van der Waals surface area contributed by atoms with Crippen LogP contribution in [-0.2, 0) is 4.79 Å². The summed E-state index contributed by atoms with van der Waals surface area (Å²) in [4.78, 5) is 10.6. The summed E-state index contributed by atoms with van der Waals surface area (Å²) in [5, 5.41) is 0. The topological polar surface area (TPSA) is 81.1 Å². The molecule has 0 saturated carbocycles. The van der Waals surface area contributed by atoms with E-state index in [9.17, 15) is 13.6 Å². The molecule has 0 aromatic carbocycles. The Morgan fingerprint density at radius 2 is 2.21 bits per heavy atom. The van der Waals surface area contributed by atoms with Gasteiger partial charge in [0.1, 0.15) is 0 Å². The molecule has 1 atom stereocenters. The van der Waals surface area contributed by atoms with Crippen molar-refractivity contribution < 1.29 is 13.6 Å². The van der Waals surface area contributed by atoms with E-state index in [4.69, 9.17) is 5.73 Å². The number of thioether (sulfide) groups is 1. The summed E-state index contributed by atoms with van der Waals surface area (Å²) in [6.45, 7) is 2.30. The lowest BCUT2D eigenvalue weighted by atomic mass is 10.2. The summed E-state index contributed by atoms with van der Waals surface area (Å²) in [5.74, 6) is -0.157. The Hall–Kier alpha value is -0.400. The molecule has 0 saturated heterocycles. The van der Waals surface area contributed by atoms with Crippen molar-refractivity contribution in [2.24, 2.45) is 17.5 Å². The molecule has 0 bridgehead atoms. The number of hydrazine groups is 1. The number of hydrogen-bond donors (Lipinski definition) is 3. The van der Waals surface area contributed by atoms with Gasteiger partial charge in [0, 0.05) is 0 Å². The van der Waals surface area contributed by atoms with E-state index < -0.39 is 17.6 Å². The molecular weight excluding hydrogens is 212 g/mol. The zero-order valence-electron chi connectivity index (χ0n) is 7.93. The number of halogens is 2. The molecule has 0 aromatic heterocycles. The molecule has 0 fully saturated rings. The second-order valence-electron chi connectivity index (χ2n) is 3.03. The summed E-state index contributed by atoms with van der Waals surface area (Å²) in [6, 6.07) is 0. The Labute approximate surface area is 85.7 Å². The molecule has 0 aliphatic rings. The molecule has 0 radical (unpaired) electrons. The summed E-state index contributed by atoms with van der Waals surface area (Å²) in [6.07, 6.45) is 0. The first kappa shape index (κ1) is 13.6. The molecule has 14 heavy (non-hydrogen) atoms. The van der Waals surface area contributed by atoms with Crippen molar-refractivity contribution in [2.45, 2.75) is 12.8 Å². The van der Waals surface area contributed by atoms with Gasteiger partial charge in [-0.15, -0.1) is 0 Å². The van der Waals surface area contributed by atoms with Crippen LogP contribution in [0, 0.1) is 5.92 Å². The van der Waals surface area contributed by atoms with Crippen molar-refractivity contribution in [3.05, 3.63) is 0 Å². The molecule has 84 valence electrons. The second-order valence-corrected chi connectivity index (χ2v) is 4.06. The van der Waals surface area contributed by atoms with Gasteiger partial charge in [0.05, 0.1) is 5.75 Å². The third kappa shape index (κ3) is 4.73. The van der Waals surface area contributed by atoms with Crippen molar-refractivity contribution in [1.82, 2.24) is 5.43 Å². The minimum Gasteiger partial charge on any atom is -0.330 e. The molecule has 1 amide bonds. The standard InChI is InChI=1S/C7H15F2N3OS/c1-5(2-10)3-14-4-7(8,9)6(13)12-11/h5H,2-4,10-11H2,1H3,(H,12,13). The van der Waals surface area contributed by atoms with Gasteiger partial charge >= 0.3 is 11.8 Å². The van der Waals surface area contributed by atoms with Gasteiger partial charge in [-0.05, 0) is 18.2 Å². The summed E-state index contributed by atoms with van der Waals surface area (Å²) < 4.78 is 25.7. The quantitative estimate of drug-likeness (QED) is 0.337. The van der Waals surface area contributed by atoms with E-state index in [-0.39, 0.29) is 5.92 Å². The molecule has 1 unspecified atom stereocenters. The minimum atomic E-state index is -3.41. The van der Waals surface area contributed by atoms with Crippen LogP contribution in [0.2, 0.25) is 0 Å². The van der Waals surface area contributed by atoms with E-state index in [0.29, 0.717) is 12.3 Å². The van der Waals surface area contributed by atoms with Crippen LogP contribution in [0.3, 0.4) is 0 Å². The zero-order valence-corrected chi connectivity index (χ0v) is 8.74. The lowest BCUT2D eigenvalue weighted by Gasteiger charge is -2.14. The van der Waals surface area contributed by atoms with Gasteiger partial charge < -0.3 is 5.73 Å². The second kappa shape index (κ2) is 6.15. The summed E-state index contributed by atoms with van der Waals surface area (Å²) in [5.41, 5.74) is 6.74. The molecule has 7 heteroatoms. The predicted molar refractivity (Wildman–Crippen MR) is 52.8 cm³/mol. The fourth-order valence-electron chi connectivity index (χ4n) is 0.627. The number of carbonyl (C=O) groups excluding carboxylic acids is 1. The average Bonchev–Trinajstić information content (AvgIpc) is 2.15. The van der Waals surface area contributed by atoms with Crippen LogP contribution in [0.4, 0.5) is 8.78 Å². The van der Waals surface area contributed by atoms with Gasteiger partial charge in [-0.1, -0.05) is 6.92 Å². The van der Waals surface area contributed by atoms with E-state index in [1.807, 2.05) is 6.92 Å². The average molecular weight is 227 g/mol. The molecule has 0 aromatic rings. The van der Waals surface area contributed by atoms with E-state index in [0.717, 1.165) is 11.8 Å². The SMILES string of the molecule is CC(CN)CSCC(F)(F)C(=O)NN. The number of alkyl halides is 2. The molecule has 0 spiro atoms. The molecule has 0 aliphatic heterocycles. The van der Waals surface area contributed by atoms with Crippen molar-refractivity contribution in [3.63, 3.8) is 0 Å². The number of rotatable bonds is 6.